The van der Waals surface area contributed by atoms with Crippen LogP contribution in [0.15, 0.2) is 64.2 Å². The number of oxazole rings is 1. The average Bonchev–Trinajstić information content (AvgIpc) is 3.99. The summed E-state index contributed by atoms with van der Waals surface area (Å²) in [5, 5.41) is 16.6. The number of aliphatic hydroxyl groups is 1. The van der Waals surface area contributed by atoms with Crippen molar-refractivity contribution in [2.24, 2.45) is 16.5 Å². The van der Waals surface area contributed by atoms with Gasteiger partial charge in [-0.2, -0.15) is 10.1 Å². The molecule has 2 aromatic carbocycles. The van der Waals surface area contributed by atoms with Crippen LogP contribution in [0.2, 0.25) is 0 Å². The highest BCUT2D eigenvalue weighted by molar-refractivity contribution is 7.16. The van der Waals surface area contributed by atoms with Gasteiger partial charge in [-0.15, -0.1) is 0 Å². The van der Waals surface area contributed by atoms with Crippen molar-refractivity contribution in [1.29, 1.82) is 0 Å². The summed E-state index contributed by atoms with van der Waals surface area (Å²) in [4.78, 5) is 70.1. The van der Waals surface area contributed by atoms with Crippen LogP contribution in [0.25, 0.3) is 26.9 Å². The fourth-order valence-corrected chi connectivity index (χ4v) is 7.56. The molecule has 5 aromatic heterocycles. The number of aliphatic hydroxyl groups excluding tert-OH is 1. The largest absolute Gasteiger partial charge is 0.494 e. The third-order valence-electron chi connectivity index (χ3n) is 9.12. The van der Waals surface area contributed by atoms with Crippen molar-refractivity contribution in [3.8, 4) is 11.5 Å². The number of fused-ring (bicyclic) bond motifs is 3. The summed E-state index contributed by atoms with van der Waals surface area (Å²) in [6.45, 7) is 5.52. The molecule has 0 saturated heterocycles. The minimum atomic E-state index is -0.713. The van der Waals surface area contributed by atoms with E-state index in [9.17, 15) is 24.3 Å². The normalized spacial score (nSPS) is 12.0. The van der Waals surface area contributed by atoms with Gasteiger partial charge in [-0.05, 0) is 43.7 Å². The standard InChI is InChI=1S/C39H39N11O8S/c1-5-24-33(58-21(3)44-24)37(55)47-39-49(32-27(56-4)17-23(35(41)53)19-29(32)59-39)12-7-6-11-48-31-25(16-22(34(40)52)18-28(31)57-14-8-13-51)45-38(48)46-36(54)26-15-20(2)43-30-9-10-42-50(26)30/h6-7,9-10,15-19,51H,5,8,11-14H2,1-4H3,(H2,40,52)(H2,41,53)(H,45,46,54)/b7-6+,47-39-. The van der Waals surface area contributed by atoms with Gasteiger partial charge in [0.2, 0.25) is 23.5 Å². The van der Waals surface area contributed by atoms with Crippen molar-refractivity contribution in [1.82, 2.24) is 33.7 Å². The van der Waals surface area contributed by atoms with Gasteiger partial charge in [-0.3, -0.25) is 24.5 Å². The van der Waals surface area contributed by atoms with E-state index in [4.69, 9.17) is 30.3 Å². The highest BCUT2D eigenvalue weighted by Gasteiger charge is 2.23. The van der Waals surface area contributed by atoms with Crippen LogP contribution in [-0.4, -0.2) is 82.8 Å². The number of allylic oxidation sites excluding steroid dienone is 2. The number of thiazole rings is 1. The van der Waals surface area contributed by atoms with E-state index < -0.39 is 23.6 Å². The number of primary amides is 2. The molecule has 0 fully saturated rings. The topological polar surface area (TPSA) is 262 Å². The number of nitrogens with zero attached hydrogens (tertiary/aromatic N) is 8. The van der Waals surface area contributed by atoms with E-state index in [1.807, 2.05) is 13.0 Å². The summed E-state index contributed by atoms with van der Waals surface area (Å²) < 4.78 is 22.8. The Labute approximate surface area is 338 Å². The molecule has 0 aliphatic rings. The SMILES string of the molecule is CCc1nc(C)oc1C(=O)/N=c1\sc2cc(C(N)=O)cc(OC)c2n1C/C=C/Cn1c(NC(=O)c2cc(C)nc3ccnn23)nc2cc(C(N)=O)cc(OCCCO)c21. The molecule has 0 radical (unpaired) electrons. The lowest BCUT2D eigenvalue weighted by Gasteiger charge is -2.13. The molecule has 6 N–H and O–H groups in total. The second-order valence-electron chi connectivity index (χ2n) is 13.2. The highest BCUT2D eigenvalue weighted by atomic mass is 32.1. The minimum absolute atomic E-state index is 0.0302. The van der Waals surface area contributed by atoms with E-state index in [0.29, 0.717) is 62.8 Å². The van der Waals surface area contributed by atoms with Crippen LogP contribution in [0, 0.1) is 13.8 Å². The Morgan fingerprint density at radius 2 is 1.69 bits per heavy atom. The summed E-state index contributed by atoms with van der Waals surface area (Å²) in [6, 6.07) is 9.39. The van der Waals surface area contributed by atoms with Crippen LogP contribution in [-0.2, 0) is 19.5 Å². The number of amides is 4. The van der Waals surface area contributed by atoms with Crippen LogP contribution >= 0.6 is 11.3 Å². The molecule has 0 atom stereocenters. The van der Waals surface area contributed by atoms with Crippen LogP contribution in [0.4, 0.5) is 5.95 Å². The van der Waals surface area contributed by atoms with Gasteiger partial charge < -0.3 is 39.6 Å². The third kappa shape index (κ3) is 8.03. The predicted molar refractivity (Wildman–Crippen MR) is 216 cm³/mol. The lowest BCUT2D eigenvalue weighted by atomic mass is 10.1. The van der Waals surface area contributed by atoms with Gasteiger partial charge in [0.25, 0.3) is 5.91 Å². The number of nitrogens with one attached hydrogen (secondary N) is 1. The van der Waals surface area contributed by atoms with Crippen molar-refractivity contribution < 1.29 is 38.2 Å². The number of rotatable bonds is 15. The first-order valence-electron chi connectivity index (χ1n) is 18.3. The van der Waals surface area contributed by atoms with Gasteiger partial charge in [-0.1, -0.05) is 30.4 Å². The Balaban J connectivity index is 1.31. The summed E-state index contributed by atoms with van der Waals surface area (Å²) in [6.07, 6.45) is 5.92. The predicted octanol–water partition coefficient (Wildman–Crippen LogP) is 3.48. The number of benzene rings is 2. The third-order valence-corrected chi connectivity index (χ3v) is 10.1. The zero-order valence-corrected chi connectivity index (χ0v) is 33.2. The second-order valence-corrected chi connectivity index (χ2v) is 14.2. The molecule has 304 valence electrons. The summed E-state index contributed by atoms with van der Waals surface area (Å²) >= 11 is 1.16. The van der Waals surface area contributed by atoms with E-state index in [1.165, 1.54) is 36.0 Å². The first kappa shape index (κ1) is 40.0. The number of aromatic nitrogens is 7. The fourth-order valence-electron chi connectivity index (χ4n) is 6.47. The molecule has 7 aromatic rings. The number of nitrogens with two attached hydrogens (primary N) is 2. The average molecular weight is 822 g/mol. The van der Waals surface area contributed by atoms with E-state index in [2.05, 4.69) is 25.4 Å². The first-order valence-corrected chi connectivity index (χ1v) is 19.1. The highest BCUT2D eigenvalue weighted by Crippen LogP contribution is 2.32. The number of ether oxygens (including phenoxy) is 2. The fraction of sp³-hybridized carbons (Fsp3) is 0.256. The van der Waals surface area contributed by atoms with Gasteiger partial charge >= 0.3 is 5.91 Å². The van der Waals surface area contributed by atoms with Gasteiger partial charge in [0, 0.05) is 55.9 Å². The van der Waals surface area contributed by atoms with E-state index in [1.54, 1.807) is 47.3 Å². The molecule has 4 amide bonds. The molecule has 0 unspecified atom stereocenters. The molecule has 7 rings (SSSR count). The molecule has 59 heavy (non-hydrogen) atoms. The van der Waals surface area contributed by atoms with Crippen molar-refractivity contribution in [3.63, 3.8) is 0 Å². The lowest BCUT2D eigenvalue weighted by Crippen LogP contribution is -2.20. The van der Waals surface area contributed by atoms with Crippen molar-refractivity contribution >= 4 is 67.8 Å². The van der Waals surface area contributed by atoms with E-state index >= 15 is 0 Å². The van der Waals surface area contributed by atoms with Crippen LogP contribution in [0.1, 0.15) is 72.4 Å². The monoisotopic (exact) mass is 821 g/mol. The molecule has 19 nitrogen and oxygen atoms in total. The summed E-state index contributed by atoms with van der Waals surface area (Å²) in [5.74, 6) is -1.47. The lowest BCUT2D eigenvalue weighted by molar-refractivity contribution is 0.0965. The Morgan fingerprint density at radius 1 is 0.966 bits per heavy atom. The summed E-state index contributed by atoms with van der Waals surface area (Å²) in [7, 11) is 1.46. The molecule has 0 aliphatic carbocycles. The Kier molecular flexibility index (Phi) is 11.3. The van der Waals surface area contributed by atoms with Gasteiger partial charge in [0.05, 0.1) is 35.8 Å². The van der Waals surface area contributed by atoms with Crippen LogP contribution < -0.4 is 31.1 Å². The number of carbonyl (C=O) groups excluding carboxylic acids is 4. The molecular formula is C39H39N11O8S. The maximum absolute atomic E-state index is 13.9. The number of hydrogen-bond acceptors (Lipinski definition) is 13. The zero-order chi connectivity index (χ0) is 42.0. The Morgan fingerprint density at radius 3 is 2.41 bits per heavy atom. The first-order chi connectivity index (χ1) is 28.4. The van der Waals surface area contributed by atoms with Crippen molar-refractivity contribution in [2.45, 2.75) is 46.7 Å². The van der Waals surface area contributed by atoms with Gasteiger partial charge in [0.1, 0.15) is 28.2 Å². The maximum atomic E-state index is 13.9. The van der Waals surface area contributed by atoms with Gasteiger partial charge in [0.15, 0.2) is 16.3 Å². The molecule has 5 heterocycles. The number of imidazole rings is 1. The maximum Gasteiger partial charge on any atom is 0.317 e. The Hall–Kier alpha value is -7.19. The van der Waals surface area contributed by atoms with Crippen LogP contribution in [0.3, 0.4) is 0 Å². The molecule has 0 bridgehead atoms. The smallest absolute Gasteiger partial charge is 0.317 e. The quantitative estimate of drug-likeness (QED) is 0.0856. The van der Waals surface area contributed by atoms with Crippen LogP contribution in [0.5, 0.6) is 11.5 Å². The van der Waals surface area contributed by atoms with E-state index in [-0.39, 0.29) is 65.4 Å². The number of hydrogen-bond donors (Lipinski definition) is 4. The number of methoxy groups -OCH3 is 1. The molecule has 0 spiro atoms. The van der Waals surface area contributed by atoms with Crippen molar-refractivity contribution in [3.05, 3.63) is 99.4 Å². The molecule has 0 aliphatic heterocycles. The number of aryl methyl sites for hydroxylation is 3. The summed E-state index contributed by atoms with van der Waals surface area (Å²) in [5.41, 5.74) is 14.7. The Bertz CT molecular complexity index is 2900. The van der Waals surface area contributed by atoms with E-state index in [0.717, 1.165) is 11.3 Å². The number of carbonyl (C=O) groups is 4. The van der Waals surface area contributed by atoms with Crippen molar-refractivity contribution in [2.75, 3.05) is 25.6 Å². The molecule has 20 heteroatoms. The molecular weight excluding hydrogens is 783 g/mol. The van der Waals surface area contributed by atoms with Gasteiger partial charge in [-0.25, -0.2) is 19.5 Å². The second kappa shape index (κ2) is 16.7. The minimum Gasteiger partial charge on any atom is -0.494 e. The zero-order valence-electron chi connectivity index (χ0n) is 32.4. The number of anilines is 1. The molecule has 0 saturated carbocycles.